The van der Waals surface area contributed by atoms with Crippen LogP contribution in [0.4, 0.5) is 8.78 Å². The number of hydrogen-bond donors (Lipinski definition) is 1. The first-order valence-electron chi connectivity index (χ1n) is 5.99. The molecule has 0 aromatic heterocycles. The molecule has 6 heteroatoms. The van der Waals surface area contributed by atoms with E-state index in [9.17, 15) is 13.6 Å². The predicted octanol–water partition coefficient (Wildman–Crippen LogP) is 3.96. The molecule has 110 valence electrons. The Kier molecular flexibility index (Phi) is 4.80. The standard InChI is InChI=1S/C15H12F2O3S/c1-20-14-5-2-9(15(18)19)6-10(14)8-21-11-3-4-12(16)13(17)7-11/h2-7H,8H2,1H3,(H,18,19). The van der Waals surface area contributed by atoms with Crippen molar-refractivity contribution in [2.24, 2.45) is 0 Å². The highest BCUT2D eigenvalue weighted by atomic mass is 32.2. The topological polar surface area (TPSA) is 46.5 Å². The lowest BCUT2D eigenvalue weighted by atomic mass is 10.1. The average Bonchev–Trinajstić information content (AvgIpc) is 2.48. The molecule has 0 fully saturated rings. The van der Waals surface area contributed by atoms with Gasteiger partial charge in [-0.05, 0) is 36.4 Å². The van der Waals surface area contributed by atoms with Crippen molar-refractivity contribution < 1.29 is 23.4 Å². The monoisotopic (exact) mass is 310 g/mol. The second kappa shape index (κ2) is 6.58. The summed E-state index contributed by atoms with van der Waals surface area (Å²) in [7, 11) is 1.49. The minimum Gasteiger partial charge on any atom is -0.496 e. The van der Waals surface area contributed by atoms with E-state index in [1.165, 1.54) is 37.1 Å². The zero-order valence-corrected chi connectivity index (χ0v) is 11.9. The number of methoxy groups -OCH3 is 1. The zero-order chi connectivity index (χ0) is 15.4. The minimum absolute atomic E-state index is 0.150. The van der Waals surface area contributed by atoms with Crippen LogP contribution in [-0.4, -0.2) is 18.2 Å². The molecule has 0 amide bonds. The molecule has 0 saturated carbocycles. The summed E-state index contributed by atoms with van der Waals surface area (Å²) in [5.41, 5.74) is 0.823. The van der Waals surface area contributed by atoms with Crippen LogP contribution >= 0.6 is 11.8 Å². The number of rotatable bonds is 5. The summed E-state index contributed by atoms with van der Waals surface area (Å²) < 4.78 is 31.2. The van der Waals surface area contributed by atoms with Crippen LogP contribution in [-0.2, 0) is 5.75 Å². The van der Waals surface area contributed by atoms with E-state index in [-0.39, 0.29) is 5.56 Å². The molecule has 0 spiro atoms. The zero-order valence-electron chi connectivity index (χ0n) is 11.1. The van der Waals surface area contributed by atoms with Crippen molar-refractivity contribution >= 4 is 17.7 Å². The number of thioether (sulfide) groups is 1. The van der Waals surface area contributed by atoms with Gasteiger partial charge in [-0.3, -0.25) is 0 Å². The van der Waals surface area contributed by atoms with Gasteiger partial charge in [0.25, 0.3) is 0 Å². The predicted molar refractivity (Wildman–Crippen MR) is 75.9 cm³/mol. The summed E-state index contributed by atoms with van der Waals surface area (Å²) in [4.78, 5) is 11.5. The fourth-order valence-corrected chi connectivity index (χ4v) is 2.65. The second-order valence-electron chi connectivity index (χ2n) is 4.20. The Morgan fingerprint density at radius 3 is 2.57 bits per heavy atom. The molecule has 1 N–H and O–H groups in total. The first-order chi connectivity index (χ1) is 10.0. The first kappa shape index (κ1) is 15.3. The maximum Gasteiger partial charge on any atom is 0.335 e. The van der Waals surface area contributed by atoms with E-state index in [2.05, 4.69) is 0 Å². The quantitative estimate of drug-likeness (QED) is 0.849. The van der Waals surface area contributed by atoms with Gasteiger partial charge in [0, 0.05) is 16.2 Å². The van der Waals surface area contributed by atoms with Crippen LogP contribution in [0.15, 0.2) is 41.3 Å². The van der Waals surface area contributed by atoms with E-state index in [4.69, 9.17) is 9.84 Å². The summed E-state index contributed by atoms with van der Waals surface area (Å²) in [6, 6.07) is 8.16. The molecule has 2 rings (SSSR count). The molecule has 0 unspecified atom stereocenters. The van der Waals surface area contributed by atoms with Gasteiger partial charge in [0.15, 0.2) is 11.6 Å². The van der Waals surface area contributed by atoms with E-state index in [1.54, 1.807) is 6.07 Å². The van der Waals surface area contributed by atoms with Crippen molar-refractivity contribution in [1.82, 2.24) is 0 Å². The van der Waals surface area contributed by atoms with Crippen molar-refractivity contribution in [3.05, 3.63) is 59.2 Å². The van der Waals surface area contributed by atoms with Gasteiger partial charge in [0.2, 0.25) is 0 Å². The number of carbonyl (C=O) groups is 1. The molecule has 3 nitrogen and oxygen atoms in total. The minimum atomic E-state index is -1.03. The normalized spacial score (nSPS) is 10.4. The Morgan fingerprint density at radius 1 is 1.19 bits per heavy atom. The Hall–Kier alpha value is -2.08. The molecule has 0 heterocycles. The van der Waals surface area contributed by atoms with Crippen LogP contribution in [0.3, 0.4) is 0 Å². The highest BCUT2D eigenvalue weighted by molar-refractivity contribution is 7.98. The molecule has 0 aliphatic heterocycles. The summed E-state index contributed by atoms with van der Waals surface area (Å²) in [5, 5.41) is 8.99. The average molecular weight is 310 g/mol. The van der Waals surface area contributed by atoms with Crippen LogP contribution in [0.25, 0.3) is 0 Å². The van der Waals surface area contributed by atoms with Crippen molar-refractivity contribution in [1.29, 1.82) is 0 Å². The number of ether oxygens (including phenoxy) is 1. The van der Waals surface area contributed by atoms with Crippen LogP contribution < -0.4 is 4.74 Å². The molecule has 0 aliphatic rings. The van der Waals surface area contributed by atoms with Gasteiger partial charge in [-0.1, -0.05) is 0 Å². The van der Waals surface area contributed by atoms with Crippen LogP contribution in [0, 0.1) is 11.6 Å². The largest absolute Gasteiger partial charge is 0.496 e. The summed E-state index contributed by atoms with van der Waals surface area (Å²) >= 11 is 1.27. The van der Waals surface area contributed by atoms with Crippen molar-refractivity contribution in [3.8, 4) is 5.75 Å². The third-order valence-electron chi connectivity index (χ3n) is 2.81. The van der Waals surface area contributed by atoms with E-state index >= 15 is 0 Å². The number of carboxylic acid groups (broad SMARTS) is 1. The van der Waals surface area contributed by atoms with E-state index < -0.39 is 17.6 Å². The molecule has 0 atom stereocenters. The highest BCUT2D eigenvalue weighted by Gasteiger charge is 2.10. The van der Waals surface area contributed by atoms with Gasteiger partial charge in [-0.25, -0.2) is 13.6 Å². The summed E-state index contributed by atoms with van der Waals surface area (Å²) in [5.74, 6) is -1.90. The van der Waals surface area contributed by atoms with Crippen molar-refractivity contribution in [2.45, 2.75) is 10.6 Å². The summed E-state index contributed by atoms with van der Waals surface area (Å²) in [6.45, 7) is 0. The molecule has 21 heavy (non-hydrogen) atoms. The molecule has 0 bridgehead atoms. The van der Waals surface area contributed by atoms with Crippen molar-refractivity contribution in [2.75, 3.05) is 7.11 Å². The SMILES string of the molecule is COc1ccc(C(=O)O)cc1CSc1ccc(F)c(F)c1. The number of hydrogen-bond acceptors (Lipinski definition) is 3. The number of carboxylic acids is 1. The van der Waals surface area contributed by atoms with Crippen LogP contribution in [0.1, 0.15) is 15.9 Å². The molecular weight excluding hydrogens is 298 g/mol. The molecule has 0 saturated heterocycles. The summed E-state index contributed by atoms with van der Waals surface area (Å²) in [6.07, 6.45) is 0. The Balaban J connectivity index is 2.19. The Morgan fingerprint density at radius 2 is 1.95 bits per heavy atom. The smallest absolute Gasteiger partial charge is 0.335 e. The van der Waals surface area contributed by atoms with Gasteiger partial charge in [0.05, 0.1) is 12.7 Å². The lowest BCUT2D eigenvalue weighted by molar-refractivity contribution is 0.0696. The van der Waals surface area contributed by atoms with Gasteiger partial charge in [-0.15, -0.1) is 11.8 Å². The number of halogens is 2. The molecule has 2 aromatic carbocycles. The maximum atomic E-state index is 13.1. The van der Waals surface area contributed by atoms with Gasteiger partial charge in [-0.2, -0.15) is 0 Å². The Labute approximate surface area is 124 Å². The molecular formula is C15H12F2O3S. The Bertz CT molecular complexity index is 674. The fourth-order valence-electron chi connectivity index (χ4n) is 1.75. The van der Waals surface area contributed by atoms with E-state index in [0.717, 1.165) is 12.1 Å². The fraction of sp³-hybridized carbons (Fsp3) is 0.133. The third-order valence-corrected chi connectivity index (χ3v) is 3.86. The highest BCUT2D eigenvalue weighted by Crippen LogP contribution is 2.29. The number of aromatic carboxylic acids is 1. The van der Waals surface area contributed by atoms with Gasteiger partial charge < -0.3 is 9.84 Å². The number of benzene rings is 2. The second-order valence-corrected chi connectivity index (χ2v) is 5.25. The van der Waals surface area contributed by atoms with E-state index in [1.807, 2.05) is 0 Å². The van der Waals surface area contributed by atoms with Crippen molar-refractivity contribution in [3.63, 3.8) is 0 Å². The van der Waals surface area contributed by atoms with Gasteiger partial charge >= 0.3 is 5.97 Å². The molecule has 2 aromatic rings. The van der Waals surface area contributed by atoms with E-state index in [0.29, 0.717) is 22.0 Å². The third kappa shape index (κ3) is 3.72. The molecule has 0 aliphatic carbocycles. The molecule has 0 radical (unpaired) electrons. The van der Waals surface area contributed by atoms with Crippen LogP contribution in [0.5, 0.6) is 5.75 Å². The maximum absolute atomic E-state index is 13.1. The lowest BCUT2D eigenvalue weighted by Gasteiger charge is -2.09. The van der Waals surface area contributed by atoms with Gasteiger partial charge in [0.1, 0.15) is 5.75 Å². The first-order valence-corrected chi connectivity index (χ1v) is 6.98. The van der Waals surface area contributed by atoms with Crippen LogP contribution in [0.2, 0.25) is 0 Å². The lowest BCUT2D eigenvalue weighted by Crippen LogP contribution is -1.99.